The number of ether oxygens (including phenoxy) is 2. The second-order valence-electron chi connectivity index (χ2n) is 9.47. The van der Waals surface area contributed by atoms with Crippen LogP contribution in [0.2, 0.25) is 0 Å². The molecule has 1 N–H and O–H groups in total. The number of benzene rings is 2. The van der Waals surface area contributed by atoms with E-state index in [1.54, 1.807) is 0 Å². The maximum absolute atomic E-state index is 12.4. The molecule has 1 aliphatic heterocycles. The van der Waals surface area contributed by atoms with E-state index in [4.69, 9.17) is 9.47 Å². The summed E-state index contributed by atoms with van der Waals surface area (Å²) in [7, 11) is 1.43. The first kappa shape index (κ1) is 22.0. The highest BCUT2D eigenvalue weighted by Crippen LogP contribution is 2.47. The first-order valence-corrected chi connectivity index (χ1v) is 12.3. The Morgan fingerprint density at radius 3 is 2.76 bits per heavy atom. The zero-order valence-corrected chi connectivity index (χ0v) is 19.4. The topological polar surface area (TPSA) is 60.7 Å². The van der Waals surface area contributed by atoms with E-state index in [9.17, 15) is 9.90 Å². The van der Waals surface area contributed by atoms with Crippen LogP contribution in [0.4, 0.5) is 0 Å². The third-order valence-electron chi connectivity index (χ3n) is 7.37. The zero-order valence-electron chi connectivity index (χ0n) is 19.4. The Morgan fingerprint density at radius 2 is 1.97 bits per heavy atom. The largest absolute Gasteiger partial charge is 0.493 e. The summed E-state index contributed by atoms with van der Waals surface area (Å²) in [5, 5.41) is 10.7. The molecule has 0 radical (unpaired) electrons. The van der Waals surface area contributed by atoms with E-state index in [1.165, 1.54) is 55.9 Å². The lowest BCUT2D eigenvalue weighted by molar-refractivity contribution is 0.0601. The predicted octanol–water partition coefficient (Wildman–Crippen LogP) is 5.92. The van der Waals surface area contributed by atoms with Crippen LogP contribution in [0.3, 0.4) is 0 Å². The van der Waals surface area contributed by atoms with Crippen LogP contribution >= 0.6 is 0 Å². The van der Waals surface area contributed by atoms with Crippen LogP contribution in [0.5, 0.6) is 5.75 Å². The van der Waals surface area contributed by atoms with Gasteiger partial charge < -0.3 is 19.1 Å². The number of esters is 1. The normalized spacial score (nSPS) is 18.7. The lowest BCUT2D eigenvalue weighted by Crippen LogP contribution is -2.22. The van der Waals surface area contributed by atoms with Crippen LogP contribution in [-0.2, 0) is 11.3 Å². The highest BCUT2D eigenvalue weighted by atomic mass is 16.5. The van der Waals surface area contributed by atoms with Crippen LogP contribution in [0, 0.1) is 5.92 Å². The molecule has 3 aromatic rings. The van der Waals surface area contributed by atoms with Gasteiger partial charge in [-0.15, -0.1) is 0 Å². The third kappa shape index (κ3) is 4.15. The number of carbonyl (C=O) groups is 1. The summed E-state index contributed by atoms with van der Waals surface area (Å²) in [6.45, 7) is 1.61. The average molecular weight is 448 g/mol. The Balaban J connectivity index is 1.77. The fraction of sp³-hybridized carbons (Fsp3) is 0.464. The molecule has 174 valence electrons. The first-order chi connectivity index (χ1) is 16.2. The lowest BCUT2D eigenvalue weighted by atomic mass is 9.81. The van der Waals surface area contributed by atoms with E-state index in [-0.39, 0.29) is 18.5 Å². The fourth-order valence-electron chi connectivity index (χ4n) is 5.77. The number of rotatable bonds is 5. The van der Waals surface area contributed by atoms with Gasteiger partial charge in [0.15, 0.2) is 0 Å². The van der Waals surface area contributed by atoms with Gasteiger partial charge in [0.2, 0.25) is 0 Å². The molecular weight excluding hydrogens is 414 g/mol. The maximum Gasteiger partial charge on any atom is 0.337 e. The second kappa shape index (κ2) is 9.60. The first-order valence-electron chi connectivity index (χ1n) is 12.3. The van der Waals surface area contributed by atoms with Gasteiger partial charge in [-0.2, -0.15) is 0 Å². The number of aromatic nitrogens is 1. The van der Waals surface area contributed by atoms with Crippen molar-refractivity contribution in [2.75, 3.05) is 20.3 Å². The van der Waals surface area contributed by atoms with Gasteiger partial charge in [0, 0.05) is 35.5 Å². The zero-order chi connectivity index (χ0) is 22.8. The average Bonchev–Trinajstić information content (AvgIpc) is 3.17. The van der Waals surface area contributed by atoms with E-state index >= 15 is 0 Å². The van der Waals surface area contributed by atoms with Crippen molar-refractivity contribution in [3.63, 3.8) is 0 Å². The van der Waals surface area contributed by atoms with Gasteiger partial charge in [-0.1, -0.05) is 37.5 Å². The molecule has 0 saturated heterocycles. The number of nitrogens with zero attached hydrogens (tertiary/aromatic N) is 1. The number of fused-ring (bicyclic) bond motifs is 5. The third-order valence-corrected chi connectivity index (χ3v) is 7.37. The number of hydrogen-bond donors (Lipinski definition) is 1. The smallest absolute Gasteiger partial charge is 0.337 e. The van der Waals surface area contributed by atoms with E-state index < -0.39 is 0 Å². The van der Waals surface area contributed by atoms with Gasteiger partial charge in [-0.3, -0.25) is 0 Å². The van der Waals surface area contributed by atoms with Crippen molar-refractivity contribution >= 4 is 16.9 Å². The molecule has 33 heavy (non-hydrogen) atoms. The summed E-state index contributed by atoms with van der Waals surface area (Å²) < 4.78 is 13.8. The van der Waals surface area contributed by atoms with Gasteiger partial charge in [0.25, 0.3) is 0 Å². The minimum atomic E-state index is -0.307. The van der Waals surface area contributed by atoms with Crippen molar-refractivity contribution in [1.29, 1.82) is 0 Å². The minimum absolute atomic E-state index is 0.187. The molecule has 0 bridgehead atoms. The molecule has 1 aromatic heterocycles. The van der Waals surface area contributed by atoms with Crippen molar-refractivity contribution in [3.05, 3.63) is 53.6 Å². The molecule has 0 amide bonds. The van der Waals surface area contributed by atoms with Gasteiger partial charge in [-0.25, -0.2) is 4.79 Å². The number of methoxy groups -OCH3 is 1. The highest BCUT2D eigenvalue weighted by Gasteiger charge is 2.30. The molecular formula is C28H33NO4. The SMILES string of the molecule is COC(=O)c1ccc2c(C3CCCCC3)c3n(c2c1)C[C@@H](CCCO)COc1ccccc1-3. The molecule has 1 aliphatic carbocycles. The summed E-state index contributed by atoms with van der Waals surface area (Å²) in [4.78, 5) is 12.4. The Kier molecular flexibility index (Phi) is 6.41. The molecule has 0 spiro atoms. The molecule has 1 fully saturated rings. The molecule has 2 aliphatic rings. The monoisotopic (exact) mass is 447 g/mol. The fourth-order valence-corrected chi connectivity index (χ4v) is 5.77. The van der Waals surface area contributed by atoms with Gasteiger partial charge in [0.1, 0.15) is 5.75 Å². The molecule has 5 rings (SSSR count). The Morgan fingerprint density at radius 1 is 1.15 bits per heavy atom. The van der Waals surface area contributed by atoms with Gasteiger partial charge >= 0.3 is 5.97 Å². The highest BCUT2D eigenvalue weighted by molar-refractivity contribution is 5.99. The van der Waals surface area contributed by atoms with Crippen molar-refractivity contribution < 1.29 is 19.4 Å². The Hall–Kier alpha value is -2.79. The van der Waals surface area contributed by atoms with Crippen LogP contribution in [-0.4, -0.2) is 36.0 Å². The van der Waals surface area contributed by atoms with Crippen molar-refractivity contribution in [2.45, 2.75) is 57.4 Å². The van der Waals surface area contributed by atoms with Crippen LogP contribution in [0.15, 0.2) is 42.5 Å². The molecule has 5 nitrogen and oxygen atoms in total. The standard InChI is InChI=1S/C28H33NO4/c1-32-28(31)21-13-14-22-24(16-21)29-17-19(8-7-15-30)18-33-25-12-6-5-11-23(25)27(29)26(22)20-9-3-2-4-10-20/h5-6,11-14,16,19-20,30H,2-4,7-10,15,17-18H2,1H3/t19-/m1/s1. The maximum atomic E-state index is 12.4. The van der Waals surface area contributed by atoms with Crippen molar-refractivity contribution in [1.82, 2.24) is 4.57 Å². The summed E-state index contributed by atoms with van der Waals surface area (Å²) in [5.74, 6) is 1.39. The van der Waals surface area contributed by atoms with Gasteiger partial charge in [-0.05, 0) is 61.4 Å². The van der Waals surface area contributed by atoms with E-state index in [2.05, 4.69) is 28.8 Å². The number of para-hydroxylation sites is 1. The predicted molar refractivity (Wildman–Crippen MR) is 130 cm³/mol. The van der Waals surface area contributed by atoms with Crippen LogP contribution in [0.1, 0.15) is 66.8 Å². The summed E-state index contributed by atoms with van der Waals surface area (Å²) in [5.41, 5.74) is 5.45. The molecule has 5 heteroatoms. The summed E-state index contributed by atoms with van der Waals surface area (Å²) >= 11 is 0. The number of carbonyl (C=O) groups excluding carboxylic acids is 1. The quantitative estimate of drug-likeness (QED) is 0.493. The van der Waals surface area contributed by atoms with Crippen molar-refractivity contribution in [3.8, 4) is 17.0 Å². The number of aliphatic hydroxyl groups is 1. The van der Waals surface area contributed by atoms with E-state index in [1.807, 2.05) is 18.2 Å². The molecule has 1 saturated carbocycles. The Bertz CT molecular complexity index is 1140. The molecule has 2 aromatic carbocycles. The molecule has 0 unspecified atom stereocenters. The minimum Gasteiger partial charge on any atom is -0.493 e. The second-order valence-corrected chi connectivity index (χ2v) is 9.47. The Labute approximate surface area is 195 Å². The van der Waals surface area contributed by atoms with Gasteiger partial charge in [0.05, 0.1) is 25.0 Å². The number of hydrogen-bond acceptors (Lipinski definition) is 4. The van der Waals surface area contributed by atoms with E-state index in [0.29, 0.717) is 18.1 Å². The summed E-state index contributed by atoms with van der Waals surface area (Å²) in [6, 6.07) is 14.4. The molecule has 2 heterocycles. The lowest BCUT2D eigenvalue weighted by Gasteiger charge is -2.28. The van der Waals surface area contributed by atoms with E-state index in [0.717, 1.165) is 36.2 Å². The molecule has 1 atom stereocenters. The van der Waals surface area contributed by atoms with Crippen LogP contribution in [0.25, 0.3) is 22.2 Å². The summed E-state index contributed by atoms with van der Waals surface area (Å²) in [6.07, 6.45) is 7.87. The van der Waals surface area contributed by atoms with Crippen LogP contribution < -0.4 is 4.74 Å². The van der Waals surface area contributed by atoms with Crippen molar-refractivity contribution in [2.24, 2.45) is 5.92 Å². The number of aliphatic hydroxyl groups excluding tert-OH is 1.